The standard InChI is InChI=1S/C20H29FN2O2/c1-20(2,3)25-19(24)23(13-14-8-10-22-11-9-14)18-12-17(18)15-4-6-16(21)7-5-15/h4-7,14,17-18,22H,8-13H2,1-3H3. The minimum Gasteiger partial charge on any atom is -0.444 e. The van der Waals surface area contributed by atoms with E-state index in [0.717, 1.165) is 44.5 Å². The van der Waals surface area contributed by atoms with Gasteiger partial charge in [-0.2, -0.15) is 0 Å². The summed E-state index contributed by atoms with van der Waals surface area (Å²) in [6.07, 6.45) is 2.89. The molecule has 5 heteroatoms. The van der Waals surface area contributed by atoms with Crippen molar-refractivity contribution in [2.24, 2.45) is 5.92 Å². The van der Waals surface area contributed by atoms with Gasteiger partial charge in [-0.05, 0) is 76.7 Å². The number of nitrogens with zero attached hydrogens (tertiary/aromatic N) is 1. The molecule has 1 aromatic carbocycles. The zero-order valence-electron chi connectivity index (χ0n) is 15.4. The van der Waals surface area contributed by atoms with Gasteiger partial charge in [-0.15, -0.1) is 0 Å². The van der Waals surface area contributed by atoms with Crippen molar-refractivity contribution in [1.29, 1.82) is 0 Å². The molecule has 0 aromatic heterocycles. The summed E-state index contributed by atoms with van der Waals surface area (Å²) in [7, 11) is 0. The van der Waals surface area contributed by atoms with Crippen molar-refractivity contribution < 1.29 is 13.9 Å². The van der Waals surface area contributed by atoms with Gasteiger partial charge in [0.1, 0.15) is 11.4 Å². The Balaban J connectivity index is 1.69. The van der Waals surface area contributed by atoms with Crippen LogP contribution in [0.5, 0.6) is 0 Å². The Kier molecular flexibility index (Phi) is 5.32. The summed E-state index contributed by atoms with van der Waals surface area (Å²) in [5.74, 6) is 0.581. The Morgan fingerprint density at radius 2 is 1.88 bits per heavy atom. The predicted molar refractivity (Wildman–Crippen MR) is 96.1 cm³/mol. The molecule has 1 saturated heterocycles. The highest BCUT2D eigenvalue weighted by Crippen LogP contribution is 2.45. The normalized spacial score (nSPS) is 24.0. The smallest absolute Gasteiger partial charge is 0.410 e. The van der Waals surface area contributed by atoms with Crippen LogP contribution in [0.15, 0.2) is 24.3 Å². The summed E-state index contributed by atoms with van der Waals surface area (Å²) in [4.78, 5) is 14.7. The van der Waals surface area contributed by atoms with Crippen LogP contribution in [0, 0.1) is 11.7 Å². The van der Waals surface area contributed by atoms with Crippen molar-refractivity contribution in [3.05, 3.63) is 35.6 Å². The van der Waals surface area contributed by atoms with E-state index in [0.29, 0.717) is 5.92 Å². The third-order valence-corrected chi connectivity index (χ3v) is 5.00. The van der Waals surface area contributed by atoms with Gasteiger partial charge in [0.25, 0.3) is 0 Å². The fourth-order valence-electron chi connectivity index (χ4n) is 3.60. The summed E-state index contributed by atoms with van der Waals surface area (Å²) < 4.78 is 18.8. The van der Waals surface area contributed by atoms with Gasteiger partial charge in [0.05, 0.1) is 0 Å². The highest BCUT2D eigenvalue weighted by Gasteiger charge is 2.46. The molecule has 1 amide bonds. The number of hydrogen-bond donors (Lipinski definition) is 1. The Bertz CT molecular complexity index is 591. The van der Waals surface area contributed by atoms with Gasteiger partial charge >= 0.3 is 6.09 Å². The maximum atomic E-state index is 13.2. The molecule has 3 rings (SSSR count). The molecule has 1 saturated carbocycles. The van der Waals surface area contributed by atoms with Crippen LogP contribution in [-0.2, 0) is 4.74 Å². The van der Waals surface area contributed by atoms with Crippen molar-refractivity contribution in [2.75, 3.05) is 19.6 Å². The van der Waals surface area contributed by atoms with E-state index < -0.39 is 5.60 Å². The van der Waals surface area contributed by atoms with Crippen molar-refractivity contribution in [3.63, 3.8) is 0 Å². The zero-order chi connectivity index (χ0) is 18.0. The Morgan fingerprint density at radius 1 is 1.24 bits per heavy atom. The van der Waals surface area contributed by atoms with Crippen LogP contribution < -0.4 is 5.32 Å². The number of piperidine rings is 1. The number of carbonyl (C=O) groups is 1. The van der Waals surface area contributed by atoms with Gasteiger partial charge in [0.2, 0.25) is 0 Å². The van der Waals surface area contributed by atoms with E-state index in [1.165, 1.54) is 12.1 Å². The molecule has 0 radical (unpaired) electrons. The first-order valence-corrected chi connectivity index (χ1v) is 9.29. The van der Waals surface area contributed by atoms with Crippen LogP contribution >= 0.6 is 0 Å². The third kappa shape index (κ3) is 4.94. The summed E-state index contributed by atoms with van der Waals surface area (Å²) in [5.41, 5.74) is 0.606. The molecule has 1 aromatic rings. The molecule has 1 N–H and O–H groups in total. The minimum absolute atomic E-state index is 0.162. The van der Waals surface area contributed by atoms with Gasteiger partial charge in [0.15, 0.2) is 0 Å². The summed E-state index contributed by atoms with van der Waals surface area (Å²) in [6.45, 7) is 8.48. The van der Waals surface area contributed by atoms with Crippen molar-refractivity contribution >= 4 is 6.09 Å². The molecule has 0 spiro atoms. The van der Waals surface area contributed by atoms with Gasteiger partial charge in [-0.1, -0.05) is 12.1 Å². The number of halogens is 1. The van der Waals surface area contributed by atoms with Crippen molar-refractivity contribution in [1.82, 2.24) is 10.2 Å². The maximum absolute atomic E-state index is 13.2. The first-order chi connectivity index (χ1) is 11.8. The molecular formula is C20H29FN2O2. The second-order valence-electron chi connectivity index (χ2n) is 8.29. The quantitative estimate of drug-likeness (QED) is 0.897. The molecule has 2 fully saturated rings. The Hall–Kier alpha value is -1.62. The van der Waals surface area contributed by atoms with Crippen LogP contribution in [0.2, 0.25) is 0 Å². The number of hydrogen-bond acceptors (Lipinski definition) is 3. The third-order valence-electron chi connectivity index (χ3n) is 5.00. The molecule has 1 aliphatic carbocycles. The molecule has 138 valence electrons. The monoisotopic (exact) mass is 348 g/mol. The number of amides is 1. The van der Waals surface area contributed by atoms with E-state index in [9.17, 15) is 9.18 Å². The topological polar surface area (TPSA) is 41.6 Å². The van der Waals surface area contributed by atoms with E-state index in [-0.39, 0.29) is 23.9 Å². The molecule has 2 unspecified atom stereocenters. The first kappa shape index (κ1) is 18.2. The lowest BCUT2D eigenvalue weighted by Crippen LogP contribution is -2.43. The highest BCUT2D eigenvalue weighted by molar-refractivity contribution is 5.69. The molecule has 1 heterocycles. The number of carbonyl (C=O) groups excluding carboxylic acids is 1. The lowest BCUT2D eigenvalue weighted by molar-refractivity contribution is 0.0188. The molecule has 1 aliphatic heterocycles. The minimum atomic E-state index is -0.496. The predicted octanol–water partition coefficient (Wildman–Crippen LogP) is 3.92. The number of ether oxygens (including phenoxy) is 1. The van der Waals surface area contributed by atoms with E-state index in [1.54, 1.807) is 0 Å². The van der Waals surface area contributed by atoms with E-state index >= 15 is 0 Å². The van der Waals surface area contributed by atoms with Crippen LogP contribution in [-0.4, -0.2) is 42.3 Å². The lowest BCUT2D eigenvalue weighted by Gasteiger charge is -2.32. The second-order valence-corrected chi connectivity index (χ2v) is 8.29. The van der Waals surface area contributed by atoms with Gasteiger partial charge in [0, 0.05) is 18.5 Å². The summed E-state index contributed by atoms with van der Waals surface area (Å²) in [5, 5.41) is 3.37. The molecular weight excluding hydrogens is 319 g/mol. The molecule has 25 heavy (non-hydrogen) atoms. The largest absolute Gasteiger partial charge is 0.444 e. The van der Waals surface area contributed by atoms with Crippen LogP contribution in [0.25, 0.3) is 0 Å². The molecule has 2 aliphatic rings. The SMILES string of the molecule is CC(C)(C)OC(=O)N(CC1CCNCC1)C1CC1c1ccc(F)cc1. The molecule has 4 nitrogen and oxygen atoms in total. The van der Waals surface area contributed by atoms with Crippen LogP contribution in [0.4, 0.5) is 9.18 Å². The van der Waals surface area contributed by atoms with E-state index in [4.69, 9.17) is 4.74 Å². The highest BCUT2D eigenvalue weighted by atomic mass is 19.1. The Morgan fingerprint density at radius 3 is 2.48 bits per heavy atom. The number of rotatable bonds is 4. The first-order valence-electron chi connectivity index (χ1n) is 9.29. The Labute approximate surface area is 149 Å². The fourth-order valence-corrected chi connectivity index (χ4v) is 3.60. The zero-order valence-corrected chi connectivity index (χ0v) is 15.4. The second kappa shape index (κ2) is 7.32. The maximum Gasteiger partial charge on any atom is 0.410 e. The summed E-state index contributed by atoms with van der Waals surface area (Å²) >= 11 is 0. The lowest BCUT2D eigenvalue weighted by atomic mass is 9.97. The van der Waals surface area contributed by atoms with Crippen LogP contribution in [0.1, 0.15) is 51.5 Å². The summed E-state index contributed by atoms with van der Waals surface area (Å²) in [6, 6.07) is 6.82. The average Bonchev–Trinajstić information content (AvgIpc) is 3.33. The van der Waals surface area contributed by atoms with Gasteiger partial charge in [-0.25, -0.2) is 9.18 Å². The average molecular weight is 348 g/mol. The number of nitrogens with one attached hydrogen (secondary N) is 1. The van der Waals surface area contributed by atoms with Gasteiger partial charge in [-0.3, -0.25) is 0 Å². The van der Waals surface area contributed by atoms with Crippen molar-refractivity contribution in [2.45, 2.75) is 57.6 Å². The molecule has 2 atom stereocenters. The van der Waals surface area contributed by atoms with E-state index in [2.05, 4.69) is 5.32 Å². The van der Waals surface area contributed by atoms with Gasteiger partial charge < -0.3 is 15.0 Å². The molecule has 0 bridgehead atoms. The van der Waals surface area contributed by atoms with Crippen LogP contribution in [0.3, 0.4) is 0 Å². The van der Waals surface area contributed by atoms with Crippen molar-refractivity contribution in [3.8, 4) is 0 Å². The number of benzene rings is 1. The fraction of sp³-hybridized carbons (Fsp3) is 0.650. The van der Waals surface area contributed by atoms with E-state index in [1.807, 2.05) is 37.8 Å².